The largest absolute Gasteiger partial charge is 0.497 e. The van der Waals surface area contributed by atoms with Crippen LogP contribution >= 0.6 is 0 Å². The number of aromatic nitrogens is 2. The lowest BCUT2D eigenvalue weighted by Gasteiger charge is -2.16. The summed E-state index contributed by atoms with van der Waals surface area (Å²) in [6, 6.07) is 11.9. The fourth-order valence-corrected chi connectivity index (χ4v) is 3.84. The van der Waals surface area contributed by atoms with Gasteiger partial charge in [0, 0.05) is 37.4 Å². The monoisotopic (exact) mass is 364 g/mol. The summed E-state index contributed by atoms with van der Waals surface area (Å²) in [7, 11) is 1.65. The quantitative estimate of drug-likeness (QED) is 0.770. The van der Waals surface area contributed by atoms with E-state index in [0.29, 0.717) is 19.5 Å². The Morgan fingerprint density at radius 3 is 2.78 bits per heavy atom. The first-order chi connectivity index (χ1) is 13.1. The van der Waals surface area contributed by atoms with Crippen LogP contribution in [0.5, 0.6) is 5.75 Å². The number of methoxy groups -OCH3 is 1. The molecule has 1 saturated heterocycles. The smallest absolute Gasteiger partial charge is 0.228 e. The van der Waals surface area contributed by atoms with Crippen molar-refractivity contribution in [2.75, 3.05) is 20.2 Å². The van der Waals surface area contributed by atoms with E-state index in [0.717, 1.165) is 28.2 Å². The highest BCUT2D eigenvalue weighted by molar-refractivity contribution is 5.79. The van der Waals surface area contributed by atoms with Gasteiger partial charge in [0.15, 0.2) is 0 Å². The summed E-state index contributed by atoms with van der Waals surface area (Å²) >= 11 is 0. The van der Waals surface area contributed by atoms with Crippen LogP contribution in [-0.4, -0.2) is 46.4 Å². The minimum Gasteiger partial charge on any atom is -0.497 e. The zero-order chi connectivity index (χ0) is 19.0. The van der Waals surface area contributed by atoms with Gasteiger partial charge in [-0.1, -0.05) is 18.2 Å². The van der Waals surface area contributed by atoms with Crippen LogP contribution in [0.25, 0.3) is 5.65 Å². The topological polar surface area (TPSA) is 72.9 Å². The van der Waals surface area contributed by atoms with Gasteiger partial charge in [-0.2, -0.15) is 0 Å². The summed E-state index contributed by atoms with van der Waals surface area (Å²) in [4.78, 5) is 19.2. The molecule has 2 N–H and O–H groups in total. The lowest BCUT2D eigenvalue weighted by atomic mass is 9.95. The van der Waals surface area contributed by atoms with Gasteiger partial charge in [-0.05, 0) is 36.2 Å². The number of fused-ring (bicyclic) bond motifs is 1. The second-order valence-electron chi connectivity index (χ2n) is 7.15. The number of benzene rings is 1. The van der Waals surface area contributed by atoms with Crippen molar-refractivity contribution in [1.29, 1.82) is 0 Å². The Bertz CT molecular complexity index is 964. The second kappa shape index (κ2) is 7.04. The number of hydrogen-bond donors (Lipinski definition) is 1. The number of amides is 1. The molecule has 0 spiro atoms. The van der Waals surface area contributed by atoms with Crippen molar-refractivity contribution in [2.24, 2.45) is 5.73 Å². The van der Waals surface area contributed by atoms with Crippen LogP contribution in [0.1, 0.15) is 22.7 Å². The van der Waals surface area contributed by atoms with Gasteiger partial charge in [0.1, 0.15) is 11.4 Å². The first-order valence-corrected chi connectivity index (χ1v) is 9.15. The molecule has 3 aromatic rings. The molecule has 1 aliphatic rings. The van der Waals surface area contributed by atoms with Crippen molar-refractivity contribution in [3.8, 4) is 5.75 Å². The highest BCUT2D eigenvalue weighted by Crippen LogP contribution is 2.28. The molecule has 6 nitrogen and oxygen atoms in total. The Labute approximate surface area is 158 Å². The number of ether oxygens (including phenoxy) is 1. The minimum atomic E-state index is -0.0632. The predicted molar refractivity (Wildman–Crippen MR) is 104 cm³/mol. The molecule has 0 bridgehead atoms. The molecule has 27 heavy (non-hydrogen) atoms. The van der Waals surface area contributed by atoms with Crippen LogP contribution in [0.15, 0.2) is 48.8 Å². The number of nitrogens with two attached hydrogens (primary N) is 1. The average Bonchev–Trinajstić information content (AvgIpc) is 3.27. The normalized spacial score (nSPS) is 19.6. The SMILES string of the molecule is COc1ccc([C@H]2CN(C(=O)Cc3cnc4c(C)cccn34)C[C@@H]2N)cc1. The Morgan fingerprint density at radius 2 is 2.04 bits per heavy atom. The first-order valence-electron chi connectivity index (χ1n) is 9.15. The zero-order valence-electron chi connectivity index (χ0n) is 15.6. The Kier molecular flexibility index (Phi) is 4.58. The first kappa shape index (κ1) is 17.5. The lowest BCUT2D eigenvalue weighted by molar-refractivity contribution is -0.129. The number of carbonyl (C=O) groups is 1. The van der Waals surface area contributed by atoms with E-state index in [-0.39, 0.29) is 17.9 Å². The molecule has 0 aliphatic carbocycles. The van der Waals surface area contributed by atoms with E-state index in [1.807, 2.05) is 58.8 Å². The van der Waals surface area contributed by atoms with E-state index in [9.17, 15) is 4.79 Å². The number of imidazole rings is 1. The van der Waals surface area contributed by atoms with Crippen LogP contribution in [0.2, 0.25) is 0 Å². The zero-order valence-corrected chi connectivity index (χ0v) is 15.6. The van der Waals surface area contributed by atoms with Gasteiger partial charge in [-0.25, -0.2) is 4.98 Å². The van der Waals surface area contributed by atoms with Gasteiger partial charge in [-0.15, -0.1) is 0 Å². The van der Waals surface area contributed by atoms with Crippen LogP contribution in [0, 0.1) is 6.92 Å². The Morgan fingerprint density at radius 1 is 1.26 bits per heavy atom. The van der Waals surface area contributed by atoms with Crippen molar-refractivity contribution in [3.05, 3.63) is 65.6 Å². The number of rotatable bonds is 4. The van der Waals surface area contributed by atoms with Crippen molar-refractivity contribution >= 4 is 11.6 Å². The van der Waals surface area contributed by atoms with Gasteiger partial charge >= 0.3 is 0 Å². The lowest BCUT2D eigenvalue weighted by Crippen LogP contribution is -2.33. The van der Waals surface area contributed by atoms with Crippen molar-refractivity contribution in [2.45, 2.75) is 25.3 Å². The standard InChI is InChI=1S/C21H24N4O2/c1-14-4-3-9-25-16(11-23-21(14)25)10-20(26)24-12-18(19(22)13-24)15-5-7-17(27-2)8-6-15/h3-9,11,18-19H,10,12-13,22H2,1-2H3/t18-,19+/m1/s1. The molecule has 0 radical (unpaired) electrons. The fourth-order valence-electron chi connectivity index (χ4n) is 3.84. The molecule has 2 aromatic heterocycles. The summed E-state index contributed by atoms with van der Waals surface area (Å²) < 4.78 is 7.21. The highest BCUT2D eigenvalue weighted by atomic mass is 16.5. The maximum absolute atomic E-state index is 12.9. The summed E-state index contributed by atoms with van der Waals surface area (Å²) in [6.45, 7) is 3.24. The van der Waals surface area contributed by atoms with Crippen LogP contribution in [0.4, 0.5) is 0 Å². The summed E-state index contributed by atoms with van der Waals surface area (Å²) in [5.74, 6) is 1.05. The predicted octanol–water partition coefficient (Wildman–Crippen LogP) is 2.15. The van der Waals surface area contributed by atoms with Gasteiger partial charge in [0.05, 0.1) is 19.2 Å². The van der Waals surface area contributed by atoms with E-state index in [4.69, 9.17) is 10.5 Å². The molecule has 0 saturated carbocycles. The third-order valence-electron chi connectivity index (χ3n) is 5.40. The summed E-state index contributed by atoms with van der Waals surface area (Å²) in [5, 5.41) is 0. The number of hydrogen-bond acceptors (Lipinski definition) is 4. The second-order valence-corrected chi connectivity index (χ2v) is 7.15. The molecule has 1 amide bonds. The number of aryl methyl sites for hydroxylation is 1. The van der Waals surface area contributed by atoms with Crippen molar-refractivity contribution < 1.29 is 9.53 Å². The molecule has 1 fully saturated rings. The van der Waals surface area contributed by atoms with Gasteiger partial charge < -0.3 is 19.8 Å². The maximum atomic E-state index is 12.9. The van der Waals surface area contributed by atoms with E-state index in [1.54, 1.807) is 13.3 Å². The third-order valence-corrected chi connectivity index (χ3v) is 5.40. The summed E-state index contributed by atoms with van der Waals surface area (Å²) in [6.07, 6.45) is 4.07. The van der Waals surface area contributed by atoms with Crippen LogP contribution in [-0.2, 0) is 11.2 Å². The number of nitrogens with zero attached hydrogens (tertiary/aromatic N) is 3. The molecular weight excluding hydrogens is 340 g/mol. The molecule has 2 atom stereocenters. The molecule has 1 aliphatic heterocycles. The number of likely N-dealkylation sites (tertiary alicyclic amines) is 1. The highest BCUT2D eigenvalue weighted by Gasteiger charge is 2.34. The average molecular weight is 364 g/mol. The molecule has 4 rings (SSSR count). The third kappa shape index (κ3) is 3.28. The molecule has 1 aromatic carbocycles. The van der Waals surface area contributed by atoms with E-state index in [2.05, 4.69) is 4.98 Å². The van der Waals surface area contributed by atoms with Crippen molar-refractivity contribution in [3.63, 3.8) is 0 Å². The van der Waals surface area contributed by atoms with Crippen LogP contribution in [0.3, 0.4) is 0 Å². The summed E-state index contributed by atoms with van der Waals surface area (Å²) in [5.41, 5.74) is 10.4. The van der Waals surface area contributed by atoms with Gasteiger partial charge in [-0.3, -0.25) is 4.79 Å². The Balaban J connectivity index is 1.48. The van der Waals surface area contributed by atoms with E-state index >= 15 is 0 Å². The van der Waals surface area contributed by atoms with Crippen LogP contribution < -0.4 is 10.5 Å². The van der Waals surface area contributed by atoms with E-state index in [1.165, 1.54) is 0 Å². The van der Waals surface area contributed by atoms with E-state index < -0.39 is 0 Å². The maximum Gasteiger partial charge on any atom is 0.228 e. The van der Waals surface area contributed by atoms with Crippen molar-refractivity contribution in [1.82, 2.24) is 14.3 Å². The molecule has 0 unspecified atom stereocenters. The van der Waals surface area contributed by atoms with Gasteiger partial charge in [0.25, 0.3) is 0 Å². The molecule has 6 heteroatoms. The van der Waals surface area contributed by atoms with Gasteiger partial charge in [0.2, 0.25) is 5.91 Å². The number of pyridine rings is 1. The fraction of sp³-hybridized carbons (Fsp3) is 0.333. The Hall–Kier alpha value is -2.86. The molecule has 140 valence electrons. The molecule has 3 heterocycles. The number of carbonyl (C=O) groups excluding carboxylic acids is 1. The minimum absolute atomic E-state index is 0.0632. The molecular formula is C21H24N4O2.